The fourth-order valence-corrected chi connectivity index (χ4v) is 14.0. The maximum atomic E-state index is 13.9. The lowest BCUT2D eigenvalue weighted by molar-refractivity contribution is -0.254. The van der Waals surface area contributed by atoms with Gasteiger partial charge in [0.1, 0.15) is 11.5 Å². The molecule has 17 nitrogen and oxygen atoms in total. The Kier molecular flexibility index (Phi) is 18.7. The first kappa shape index (κ1) is 61.4. The largest absolute Gasteiger partial charge is 0.493 e. The Hall–Kier alpha value is -7.89. The molecule has 1 unspecified atom stereocenters. The quantitative estimate of drug-likeness (QED) is 0.0608. The van der Waals surface area contributed by atoms with Gasteiger partial charge in [0, 0.05) is 57.1 Å². The number of ether oxygens (including phenoxy) is 8. The van der Waals surface area contributed by atoms with Gasteiger partial charge in [0.2, 0.25) is 0 Å². The summed E-state index contributed by atoms with van der Waals surface area (Å²) in [4.78, 5) is 65.5. The summed E-state index contributed by atoms with van der Waals surface area (Å²) in [7, 11) is 3.22. The highest BCUT2D eigenvalue weighted by molar-refractivity contribution is 6.04. The second-order valence-corrected chi connectivity index (χ2v) is 25.2. The van der Waals surface area contributed by atoms with Gasteiger partial charge >= 0.3 is 0 Å². The predicted octanol–water partition coefficient (Wildman–Crippen LogP) is 12.6. The molecule has 5 atom stereocenters. The highest BCUT2D eigenvalue weighted by Gasteiger charge is 2.50. The maximum Gasteiger partial charge on any atom is 0.256 e. The number of nitrogens with zero attached hydrogens (tertiary/aromatic N) is 5. The smallest absolute Gasteiger partial charge is 0.256 e. The van der Waals surface area contributed by atoms with Crippen molar-refractivity contribution in [2.45, 2.75) is 153 Å². The van der Waals surface area contributed by atoms with Crippen molar-refractivity contribution < 1.29 is 57.1 Å². The van der Waals surface area contributed by atoms with E-state index >= 15 is 0 Å². The first-order valence-electron chi connectivity index (χ1n) is 32.3. The van der Waals surface area contributed by atoms with Crippen LogP contribution in [0.1, 0.15) is 172 Å². The van der Waals surface area contributed by atoms with Crippen LogP contribution in [0, 0.1) is 13.8 Å². The van der Waals surface area contributed by atoms with Gasteiger partial charge in [0.25, 0.3) is 23.6 Å². The standard InChI is InChI=1S/C39H48N2O7.C33H37N3O5/c1-26-24-39(48-36-11-5-8-19-47-36)15-14-29-21-33(27(2)20-31(29)38(43)41(39)25-26)45-17-6-4-7-18-46-35-22-28-12-13-30-10-9-16-40(30)37(42)32(28)23-34(35)44-3;1-21-14-25-19-34-28-18-29(22(2)15-27(28)33(38)36(25)20-21)40-12-5-4-6-13-41-31-16-23-9-10-24-8-7-11-35(24)32(37)26(23)17-30(31)39-3/h12-13,20-23,30,36H,1,4-11,14-19,24-25H2,2-3H3;9-10,15-19,24-25H,1,4-8,11-14,20H2,2-3H3/t30-,36?,39-;24-,25-/m00/s1. The normalized spacial score (nSPS) is 23.0. The minimum absolute atomic E-state index is 0.000629. The molecule has 4 aromatic carbocycles. The van der Waals surface area contributed by atoms with Crippen molar-refractivity contribution in [2.24, 2.45) is 4.99 Å². The summed E-state index contributed by atoms with van der Waals surface area (Å²) in [6.45, 7) is 17.9. The van der Waals surface area contributed by atoms with Crippen LogP contribution in [0.15, 0.2) is 90.0 Å². The Bertz CT molecular complexity index is 3490. The van der Waals surface area contributed by atoms with Crippen LogP contribution in [0.3, 0.4) is 0 Å². The Morgan fingerprint density at radius 1 is 0.562 bits per heavy atom. The van der Waals surface area contributed by atoms with Crippen molar-refractivity contribution in [3.05, 3.63) is 135 Å². The molecule has 0 saturated carbocycles. The highest BCUT2D eigenvalue weighted by Crippen LogP contribution is 2.45. The van der Waals surface area contributed by atoms with E-state index in [0.29, 0.717) is 104 Å². The number of aryl methyl sites for hydroxylation is 3. The summed E-state index contributed by atoms with van der Waals surface area (Å²) >= 11 is 0. The lowest BCUT2D eigenvalue weighted by Gasteiger charge is -2.40. The zero-order chi connectivity index (χ0) is 61.8. The topological polar surface area (TPSA) is 167 Å². The number of hydrogen-bond acceptors (Lipinski definition) is 13. The summed E-state index contributed by atoms with van der Waals surface area (Å²) in [5.41, 5.74) is 9.37. The lowest BCUT2D eigenvalue weighted by Crippen LogP contribution is -2.51. The van der Waals surface area contributed by atoms with E-state index in [1.807, 2.05) is 94.3 Å². The fraction of sp³-hybridized carbons (Fsp3) is 0.486. The van der Waals surface area contributed by atoms with Crippen LogP contribution < -0.4 is 28.4 Å². The van der Waals surface area contributed by atoms with Crippen LogP contribution in [0.5, 0.6) is 34.5 Å². The van der Waals surface area contributed by atoms with E-state index < -0.39 is 5.72 Å². The Morgan fingerprint density at radius 3 is 1.70 bits per heavy atom. The molecule has 0 aliphatic carbocycles. The van der Waals surface area contributed by atoms with E-state index in [0.717, 1.165) is 165 Å². The minimum atomic E-state index is -0.708. The van der Waals surface area contributed by atoms with Gasteiger partial charge in [-0.1, -0.05) is 48.6 Å². The number of amides is 4. The molecular formula is C72H85N5O12. The highest BCUT2D eigenvalue weighted by atomic mass is 16.7. The molecule has 5 saturated heterocycles. The lowest BCUT2D eigenvalue weighted by atomic mass is 9.97. The van der Waals surface area contributed by atoms with Crippen molar-refractivity contribution in [1.29, 1.82) is 0 Å². The molecule has 0 spiro atoms. The number of aliphatic imine (C=N–C) groups is 1. The van der Waals surface area contributed by atoms with Gasteiger partial charge in [-0.3, -0.25) is 24.2 Å². The molecule has 9 aliphatic heterocycles. The van der Waals surface area contributed by atoms with Crippen molar-refractivity contribution in [2.75, 3.05) is 73.4 Å². The molecule has 4 amide bonds. The van der Waals surface area contributed by atoms with Gasteiger partial charge in [0.15, 0.2) is 35.0 Å². The first-order chi connectivity index (χ1) is 43.3. The van der Waals surface area contributed by atoms with Gasteiger partial charge in [-0.05, 0) is 187 Å². The first-order valence-corrected chi connectivity index (χ1v) is 32.3. The average Bonchev–Trinajstić information content (AvgIpc) is 1.83. The van der Waals surface area contributed by atoms with Gasteiger partial charge in [0.05, 0.1) is 81.2 Å². The van der Waals surface area contributed by atoms with Crippen LogP contribution in [0.25, 0.3) is 12.2 Å². The summed E-state index contributed by atoms with van der Waals surface area (Å²) in [5, 5.41) is 0. The number of unbranched alkanes of at least 4 members (excludes halogenated alkanes) is 4. The Balaban J connectivity index is 0.000000175. The van der Waals surface area contributed by atoms with Crippen molar-refractivity contribution in [1.82, 2.24) is 19.6 Å². The summed E-state index contributed by atoms with van der Waals surface area (Å²) in [5.74, 6) is 4.19. The number of rotatable bonds is 20. The van der Waals surface area contributed by atoms with E-state index in [1.165, 1.54) is 0 Å². The molecule has 0 aromatic heterocycles. The second kappa shape index (κ2) is 27.1. The molecule has 9 heterocycles. The molecule has 17 heteroatoms. The fourth-order valence-electron chi connectivity index (χ4n) is 14.0. The SMILES string of the molecule is C=C1CN2C(=O)c3cc(C)c(OCCCCCOc4cc5c(cc4OC)C(=O)N4CCC[C@H]4C=C5)cc3CC[C@]2(OC2CCCCO2)C1.C=C1C[C@H]2C=Nc3cc(OCCCCCOc4cc5c(cc4OC)C(=O)N4CCC[C@H]4C=C5)c(C)cc3C(=O)N2C1. The molecule has 13 rings (SSSR count). The molecule has 470 valence electrons. The number of benzene rings is 4. The zero-order valence-electron chi connectivity index (χ0n) is 52.2. The van der Waals surface area contributed by atoms with Gasteiger partial charge in [-0.25, -0.2) is 0 Å². The monoisotopic (exact) mass is 1210 g/mol. The van der Waals surface area contributed by atoms with Gasteiger partial charge < -0.3 is 57.5 Å². The van der Waals surface area contributed by atoms with E-state index in [2.05, 4.69) is 36.4 Å². The van der Waals surface area contributed by atoms with Crippen molar-refractivity contribution in [3.63, 3.8) is 0 Å². The number of methoxy groups -OCH3 is 2. The third kappa shape index (κ3) is 13.1. The van der Waals surface area contributed by atoms with Crippen LogP contribution >= 0.6 is 0 Å². The Morgan fingerprint density at radius 2 is 1.12 bits per heavy atom. The predicted molar refractivity (Wildman–Crippen MR) is 341 cm³/mol. The molecular weight excluding hydrogens is 1130 g/mol. The molecule has 0 N–H and O–H groups in total. The molecule has 4 aromatic rings. The van der Waals surface area contributed by atoms with Gasteiger partial charge in [-0.2, -0.15) is 0 Å². The number of hydrogen-bond donors (Lipinski definition) is 0. The molecule has 9 aliphatic rings. The van der Waals surface area contributed by atoms with Crippen LogP contribution in [0.4, 0.5) is 5.69 Å². The van der Waals surface area contributed by atoms with E-state index in [1.54, 1.807) is 14.2 Å². The third-order valence-corrected chi connectivity index (χ3v) is 18.9. The number of carbonyl (C=O) groups excluding carboxylic acids is 4. The number of carbonyl (C=O) groups is 4. The summed E-state index contributed by atoms with van der Waals surface area (Å²) in [6.07, 6.45) is 25.2. The van der Waals surface area contributed by atoms with Gasteiger partial charge in [-0.15, -0.1) is 0 Å². The van der Waals surface area contributed by atoms with Crippen LogP contribution in [-0.2, 0) is 15.9 Å². The average molecular weight is 1210 g/mol. The molecule has 5 fully saturated rings. The van der Waals surface area contributed by atoms with Crippen molar-refractivity contribution in [3.8, 4) is 34.5 Å². The minimum Gasteiger partial charge on any atom is -0.493 e. The van der Waals surface area contributed by atoms with Crippen LogP contribution in [0.2, 0.25) is 0 Å². The second-order valence-electron chi connectivity index (χ2n) is 25.2. The van der Waals surface area contributed by atoms with Crippen molar-refractivity contribution >= 4 is 47.7 Å². The van der Waals surface area contributed by atoms with E-state index in [4.69, 9.17) is 37.9 Å². The van der Waals surface area contributed by atoms with E-state index in [9.17, 15) is 19.2 Å². The molecule has 89 heavy (non-hydrogen) atoms. The molecule has 0 radical (unpaired) electrons. The summed E-state index contributed by atoms with van der Waals surface area (Å²) < 4.78 is 48.3. The molecule has 0 bridgehead atoms. The van der Waals surface area contributed by atoms with Crippen LogP contribution in [-0.4, -0.2) is 153 Å². The third-order valence-electron chi connectivity index (χ3n) is 18.9. The zero-order valence-corrected chi connectivity index (χ0v) is 52.2. The number of fused-ring (bicyclic) bond motifs is 8. The Labute approximate surface area is 523 Å². The van der Waals surface area contributed by atoms with E-state index in [-0.39, 0.29) is 48.0 Å². The maximum absolute atomic E-state index is 13.9. The summed E-state index contributed by atoms with van der Waals surface area (Å²) in [6, 6.07) is 15.6.